The molecule has 0 radical (unpaired) electrons. The van der Waals surface area contributed by atoms with Crippen LogP contribution in [0.25, 0.3) is 0 Å². The molecule has 0 aliphatic heterocycles. The first-order valence-corrected chi connectivity index (χ1v) is 7.08. The van der Waals surface area contributed by atoms with E-state index in [9.17, 15) is 13.2 Å². The van der Waals surface area contributed by atoms with Crippen molar-refractivity contribution >= 4 is 27.2 Å². The maximum Gasteiger partial charge on any atom is 0.257 e. The number of nitrogen functional groups attached to an aromatic ring is 1. The molecule has 1 amide bonds. The lowest BCUT2D eigenvalue weighted by Crippen LogP contribution is -2.13. The van der Waals surface area contributed by atoms with Crippen LogP contribution >= 0.6 is 0 Å². The zero-order valence-corrected chi connectivity index (χ0v) is 10.8. The quantitative estimate of drug-likeness (QED) is 0.808. The number of benzene rings is 1. The molecule has 2 rings (SSSR count). The normalized spacial score (nSPS) is 11.2. The summed E-state index contributed by atoms with van der Waals surface area (Å²) < 4.78 is 27.5. The van der Waals surface area contributed by atoms with Crippen LogP contribution in [-0.4, -0.2) is 25.7 Å². The molecule has 2 aromatic rings. The summed E-state index contributed by atoms with van der Waals surface area (Å²) in [5.74, 6) is -0.292. The van der Waals surface area contributed by atoms with E-state index in [1.165, 1.54) is 30.5 Å². The fourth-order valence-electron chi connectivity index (χ4n) is 1.43. The summed E-state index contributed by atoms with van der Waals surface area (Å²) in [6, 6.07) is 5.38. The lowest BCUT2D eigenvalue weighted by atomic mass is 10.2. The molecule has 100 valence electrons. The molecule has 19 heavy (non-hydrogen) atoms. The Bertz CT molecular complexity index is 708. The minimum absolute atomic E-state index is 0.0159. The Balaban J connectivity index is 2.35. The Morgan fingerprint density at radius 2 is 2.11 bits per heavy atom. The zero-order valence-electron chi connectivity index (χ0n) is 9.95. The summed E-state index contributed by atoms with van der Waals surface area (Å²) >= 11 is 0. The number of hydrogen-bond acceptors (Lipinski definition) is 6. The van der Waals surface area contributed by atoms with Crippen LogP contribution in [0.5, 0.6) is 0 Å². The Hall–Kier alpha value is -2.35. The predicted octanol–water partition coefficient (Wildman–Crippen LogP) is 0.913. The number of sulfone groups is 1. The van der Waals surface area contributed by atoms with Gasteiger partial charge in [-0.2, -0.15) is 0 Å². The number of anilines is 2. The van der Waals surface area contributed by atoms with Gasteiger partial charge in [0.15, 0.2) is 15.7 Å². The minimum atomic E-state index is -3.44. The lowest BCUT2D eigenvalue weighted by molar-refractivity contribution is 0.102. The molecule has 0 atom stereocenters. The molecular weight excluding hydrogens is 270 g/mol. The summed E-state index contributed by atoms with van der Waals surface area (Å²) in [5.41, 5.74) is 5.91. The van der Waals surface area contributed by atoms with E-state index in [1.54, 1.807) is 0 Å². The molecule has 0 unspecified atom stereocenters. The van der Waals surface area contributed by atoms with Crippen molar-refractivity contribution < 1.29 is 17.7 Å². The molecule has 1 aromatic heterocycles. The van der Waals surface area contributed by atoms with Gasteiger partial charge in [0, 0.05) is 23.6 Å². The van der Waals surface area contributed by atoms with Gasteiger partial charge in [-0.1, -0.05) is 5.16 Å². The molecule has 1 heterocycles. The van der Waals surface area contributed by atoms with Crippen molar-refractivity contribution in [2.24, 2.45) is 0 Å². The maximum absolute atomic E-state index is 11.9. The van der Waals surface area contributed by atoms with E-state index in [2.05, 4.69) is 15.0 Å². The third-order valence-electron chi connectivity index (χ3n) is 2.30. The van der Waals surface area contributed by atoms with Crippen LogP contribution < -0.4 is 11.1 Å². The molecule has 0 aliphatic carbocycles. The van der Waals surface area contributed by atoms with E-state index in [0.717, 1.165) is 6.26 Å². The number of nitrogens with two attached hydrogens (primary N) is 1. The monoisotopic (exact) mass is 281 g/mol. The van der Waals surface area contributed by atoms with Gasteiger partial charge in [0.2, 0.25) is 0 Å². The van der Waals surface area contributed by atoms with Crippen LogP contribution in [0, 0.1) is 0 Å². The molecule has 0 saturated heterocycles. The van der Waals surface area contributed by atoms with Gasteiger partial charge >= 0.3 is 0 Å². The van der Waals surface area contributed by atoms with Crippen molar-refractivity contribution in [3.63, 3.8) is 0 Å². The second kappa shape index (κ2) is 4.73. The number of aromatic nitrogens is 1. The van der Waals surface area contributed by atoms with E-state index < -0.39 is 15.7 Å². The topological polar surface area (TPSA) is 115 Å². The standard InChI is InChI=1S/C11H11N3O4S/c1-19(16,17)9-5-7(4-8(12)6-9)11(15)13-10-2-3-18-14-10/h2-6H,12H2,1H3,(H,13,14,15). The summed E-state index contributed by atoms with van der Waals surface area (Å²) in [6.07, 6.45) is 2.35. The van der Waals surface area contributed by atoms with Crippen LogP contribution in [0.3, 0.4) is 0 Å². The maximum atomic E-state index is 11.9. The van der Waals surface area contributed by atoms with Gasteiger partial charge in [0.05, 0.1) is 4.90 Å². The smallest absolute Gasteiger partial charge is 0.257 e. The van der Waals surface area contributed by atoms with Crippen molar-refractivity contribution in [2.45, 2.75) is 4.90 Å². The fraction of sp³-hybridized carbons (Fsp3) is 0.0909. The van der Waals surface area contributed by atoms with Crippen molar-refractivity contribution in [1.82, 2.24) is 5.16 Å². The first-order valence-electron chi connectivity index (χ1n) is 5.18. The summed E-state index contributed by atoms with van der Waals surface area (Å²) in [6.45, 7) is 0. The number of nitrogens with one attached hydrogen (secondary N) is 1. The Labute approximate surface area is 109 Å². The van der Waals surface area contributed by atoms with E-state index in [4.69, 9.17) is 5.73 Å². The highest BCUT2D eigenvalue weighted by Gasteiger charge is 2.14. The number of hydrogen-bond donors (Lipinski definition) is 2. The van der Waals surface area contributed by atoms with Gasteiger partial charge in [-0.05, 0) is 18.2 Å². The molecule has 0 aliphatic rings. The number of amides is 1. The summed E-state index contributed by atoms with van der Waals surface area (Å²) in [5, 5.41) is 5.97. The Morgan fingerprint density at radius 3 is 2.68 bits per heavy atom. The van der Waals surface area contributed by atoms with Gasteiger partial charge < -0.3 is 15.6 Å². The van der Waals surface area contributed by atoms with Crippen molar-refractivity contribution in [3.05, 3.63) is 36.1 Å². The zero-order chi connectivity index (χ0) is 14.0. The van der Waals surface area contributed by atoms with Crippen molar-refractivity contribution in [1.29, 1.82) is 0 Å². The van der Waals surface area contributed by atoms with Gasteiger partial charge in [-0.25, -0.2) is 8.42 Å². The van der Waals surface area contributed by atoms with E-state index in [0.29, 0.717) is 0 Å². The SMILES string of the molecule is CS(=O)(=O)c1cc(N)cc(C(=O)Nc2ccon2)c1. The molecule has 0 fully saturated rings. The van der Waals surface area contributed by atoms with Crippen LogP contribution in [0.4, 0.5) is 11.5 Å². The fourth-order valence-corrected chi connectivity index (χ4v) is 2.12. The molecule has 0 saturated carbocycles. The predicted molar refractivity (Wildman–Crippen MR) is 68.4 cm³/mol. The lowest BCUT2D eigenvalue weighted by Gasteiger charge is -2.06. The van der Waals surface area contributed by atoms with Crippen LogP contribution in [0.15, 0.2) is 39.9 Å². The highest BCUT2D eigenvalue weighted by Crippen LogP contribution is 2.17. The molecule has 7 nitrogen and oxygen atoms in total. The molecular formula is C11H11N3O4S. The number of rotatable bonds is 3. The summed E-state index contributed by atoms with van der Waals surface area (Å²) in [4.78, 5) is 11.9. The summed E-state index contributed by atoms with van der Waals surface area (Å²) in [7, 11) is -3.44. The molecule has 1 aromatic carbocycles. The molecule has 0 spiro atoms. The van der Waals surface area contributed by atoms with Gasteiger partial charge in [0.1, 0.15) is 6.26 Å². The van der Waals surface area contributed by atoms with Crippen molar-refractivity contribution in [2.75, 3.05) is 17.3 Å². The van der Waals surface area contributed by atoms with Gasteiger partial charge in [-0.3, -0.25) is 4.79 Å². The number of carbonyl (C=O) groups is 1. The average Bonchev–Trinajstić information content (AvgIpc) is 2.79. The first kappa shape index (κ1) is 13.1. The second-order valence-electron chi connectivity index (χ2n) is 3.90. The van der Waals surface area contributed by atoms with E-state index in [-0.39, 0.29) is 22.0 Å². The second-order valence-corrected chi connectivity index (χ2v) is 5.92. The third-order valence-corrected chi connectivity index (χ3v) is 3.39. The molecule has 8 heteroatoms. The van der Waals surface area contributed by atoms with Crippen LogP contribution in [0.2, 0.25) is 0 Å². The van der Waals surface area contributed by atoms with Gasteiger partial charge in [-0.15, -0.1) is 0 Å². The van der Waals surface area contributed by atoms with Crippen LogP contribution in [-0.2, 0) is 9.84 Å². The van der Waals surface area contributed by atoms with E-state index >= 15 is 0 Å². The number of carbonyl (C=O) groups excluding carboxylic acids is 1. The first-order chi connectivity index (χ1) is 8.86. The molecule has 0 bridgehead atoms. The van der Waals surface area contributed by atoms with Crippen LogP contribution in [0.1, 0.15) is 10.4 Å². The van der Waals surface area contributed by atoms with E-state index in [1.807, 2.05) is 0 Å². The number of nitrogens with zero attached hydrogens (tertiary/aromatic N) is 1. The highest BCUT2D eigenvalue weighted by molar-refractivity contribution is 7.90. The highest BCUT2D eigenvalue weighted by atomic mass is 32.2. The third kappa shape index (κ3) is 3.10. The van der Waals surface area contributed by atoms with Crippen molar-refractivity contribution in [3.8, 4) is 0 Å². The average molecular weight is 281 g/mol. The Morgan fingerprint density at radius 1 is 1.37 bits per heavy atom. The Kier molecular flexibility index (Phi) is 3.26. The largest absolute Gasteiger partial charge is 0.399 e. The minimum Gasteiger partial charge on any atom is -0.399 e. The van der Waals surface area contributed by atoms with Gasteiger partial charge in [0.25, 0.3) is 5.91 Å². The molecule has 3 N–H and O–H groups in total.